The lowest BCUT2D eigenvalue weighted by molar-refractivity contribution is -0.385. The first kappa shape index (κ1) is 18.9. The summed E-state index contributed by atoms with van der Waals surface area (Å²) in [5, 5.41) is 14.3. The van der Waals surface area contributed by atoms with Gasteiger partial charge in [-0.05, 0) is 80.8 Å². The van der Waals surface area contributed by atoms with E-state index in [0.717, 1.165) is 23.8 Å². The monoisotopic (exact) mass is 386 g/mol. The van der Waals surface area contributed by atoms with Crippen LogP contribution in [0, 0.1) is 33.3 Å². The Hall–Kier alpha value is -2.44. The Morgan fingerprint density at radius 3 is 2.43 bits per heavy atom. The van der Waals surface area contributed by atoms with Crippen LogP contribution in [0.4, 0.5) is 5.69 Å². The van der Waals surface area contributed by atoms with Crippen molar-refractivity contribution in [3.8, 4) is 5.75 Å². The molecule has 0 aromatic heterocycles. The van der Waals surface area contributed by atoms with E-state index in [1.165, 1.54) is 50.7 Å². The van der Waals surface area contributed by atoms with Crippen molar-refractivity contribution in [3.05, 3.63) is 33.9 Å². The van der Waals surface area contributed by atoms with Gasteiger partial charge in [0.05, 0.1) is 4.92 Å². The first-order valence-corrected chi connectivity index (χ1v) is 10.0. The smallest absolute Gasteiger partial charge is 0.311 e. The fourth-order valence-electron chi connectivity index (χ4n) is 6.16. The Bertz CT molecular complexity index is 771. The molecule has 1 aromatic rings. The van der Waals surface area contributed by atoms with Gasteiger partial charge in [0.1, 0.15) is 6.29 Å². The van der Waals surface area contributed by atoms with Gasteiger partial charge in [-0.25, -0.2) is 0 Å². The largest absolute Gasteiger partial charge is 0.477 e. The predicted molar refractivity (Wildman–Crippen MR) is 102 cm³/mol. The maximum absolute atomic E-state index is 12.5. The summed E-state index contributed by atoms with van der Waals surface area (Å²) >= 11 is 0. The van der Waals surface area contributed by atoms with E-state index in [1.54, 1.807) is 0 Å². The van der Waals surface area contributed by atoms with Crippen molar-refractivity contribution in [2.24, 2.45) is 23.2 Å². The van der Waals surface area contributed by atoms with Gasteiger partial charge in [-0.3, -0.25) is 19.7 Å². The zero-order valence-electron chi connectivity index (χ0n) is 16.1. The summed E-state index contributed by atoms with van der Waals surface area (Å²) < 4.78 is 5.41. The van der Waals surface area contributed by atoms with Crippen LogP contribution in [0.3, 0.4) is 0 Å². The average molecular weight is 386 g/mol. The number of nitrogens with one attached hydrogen (secondary N) is 1. The molecule has 1 atom stereocenters. The molecule has 4 aliphatic rings. The van der Waals surface area contributed by atoms with Gasteiger partial charge in [-0.2, -0.15) is 0 Å². The van der Waals surface area contributed by atoms with E-state index in [0.29, 0.717) is 6.29 Å². The van der Waals surface area contributed by atoms with Gasteiger partial charge < -0.3 is 10.1 Å². The molecule has 4 saturated carbocycles. The molecule has 5 rings (SSSR count). The first-order chi connectivity index (χ1) is 13.4. The molecule has 28 heavy (non-hydrogen) atoms. The topological polar surface area (TPSA) is 98.5 Å². The lowest BCUT2D eigenvalue weighted by atomic mass is 9.48. The second-order valence-corrected chi connectivity index (χ2v) is 8.96. The van der Waals surface area contributed by atoms with E-state index in [4.69, 9.17) is 4.74 Å². The summed E-state index contributed by atoms with van der Waals surface area (Å²) in [6.07, 6.45) is 8.17. The minimum absolute atomic E-state index is 0.00629. The van der Waals surface area contributed by atoms with Crippen LogP contribution in [0.1, 0.15) is 55.8 Å². The van der Waals surface area contributed by atoms with Crippen LogP contribution < -0.4 is 10.1 Å². The van der Waals surface area contributed by atoms with E-state index in [-0.39, 0.29) is 41.0 Å². The highest BCUT2D eigenvalue weighted by Crippen LogP contribution is 2.61. The molecule has 0 unspecified atom stereocenters. The van der Waals surface area contributed by atoms with E-state index in [1.807, 2.05) is 0 Å². The standard InChI is InChI=1S/C21H26N2O5/c1-13(21-8-15-4-16(9-21)6-17(5-15)10-21)22-20(25)12-28-19-3-2-14(11-24)7-18(19)23(26)27/h2-3,7,11,13,15-17H,4-6,8-10,12H2,1H3,(H,22,25)/t13-,15?,16?,17?,21?/m0/s1. The normalized spacial score (nSPS) is 31.2. The second kappa shape index (κ2) is 7.18. The number of nitro benzene ring substituents is 1. The van der Waals surface area contributed by atoms with E-state index in [2.05, 4.69) is 12.2 Å². The molecule has 0 saturated heterocycles. The van der Waals surface area contributed by atoms with E-state index < -0.39 is 4.92 Å². The van der Waals surface area contributed by atoms with Gasteiger partial charge in [0.25, 0.3) is 5.91 Å². The number of carbonyl (C=O) groups excluding carboxylic acids is 2. The number of benzene rings is 1. The Morgan fingerprint density at radius 2 is 1.89 bits per heavy atom. The molecule has 1 N–H and O–H groups in total. The van der Waals surface area contributed by atoms with Crippen molar-refractivity contribution >= 4 is 17.9 Å². The predicted octanol–water partition coefficient (Wildman–Crippen LogP) is 3.51. The second-order valence-electron chi connectivity index (χ2n) is 8.96. The molecule has 0 spiro atoms. The third-order valence-corrected chi connectivity index (χ3v) is 7.06. The van der Waals surface area contributed by atoms with Gasteiger partial charge in [0.15, 0.2) is 12.4 Å². The van der Waals surface area contributed by atoms with Gasteiger partial charge in [-0.1, -0.05) is 0 Å². The highest BCUT2D eigenvalue weighted by atomic mass is 16.6. The number of hydrogen-bond donors (Lipinski definition) is 1. The number of amides is 1. The van der Waals surface area contributed by atoms with Crippen LogP contribution in [0.5, 0.6) is 5.75 Å². The fraction of sp³-hybridized carbons (Fsp3) is 0.619. The number of nitrogens with zero attached hydrogens (tertiary/aromatic N) is 1. The molecule has 150 valence electrons. The summed E-state index contributed by atoms with van der Waals surface area (Å²) in [6.45, 7) is 1.81. The minimum Gasteiger partial charge on any atom is -0.477 e. The van der Waals surface area contributed by atoms with Crippen molar-refractivity contribution in [1.82, 2.24) is 5.32 Å². The number of carbonyl (C=O) groups is 2. The van der Waals surface area contributed by atoms with Gasteiger partial charge in [0, 0.05) is 17.7 Å². The summed E-state index contributed by atoms with van der Waals surface area (Å²) in [5.74, 6) is 2.15. The van der Waals surface area contributed by atoms with Crippen LogP contribution >= 0.6 is 0 Å². The zero-order chi connectivity index (χ0) is 19.9. The first-order valence-electron chi connectivity index (χ1n) is 10.0. The van der Waals surface area contributed by atoms with E-state index >= 15 is 0 Å². The maximum Gasteiger partial charge on any atom is 0.311 e. The summed E-state index contributed by atoms with van der Waals surface area (Å²) in [5.41, 5.74) is 0.0765. The van der Waals surface area contributed by atoms with Crippen LogP contribution in [0.25, 0.3) is 0 Å². The number of rotatable bonds is 7. The minimum atomic E-state index is -0.613. The molecule has 0 aliphatic heterocycles. The zero-order valence-corrected chi connectivity index (χ0v) is 16.1. The van der Waals surface area contributed by atoms with Crippen molar-refractivity contribution < 1.29 is 19.2 Å². The Morgan fingerprint density at radius 1 is 1.29 bits per heavy atom. The quantitative estimate of drug-likeness (QED) is 0.439. The van der Waals surface area contributed by atoms with Crippen LogP contribution in [-0.2, 0) is 4.79 Å². The number of ether oxygens (including phenoxy) is 1. The fourth-order valence-corrected chi connectivity index (χ4v) is 6.16. The van der Waals surface area contributed by atoms with Crippen molar-refractivity contribution in [2.45, 2.75) is 51.5 Å². The van der Waals surface area contributed by atoms with E-state index in [9.17, 15) is 19.7 Å². The molecule has 7 heteroatoms. The molecule has 1 amide bonds. The third-order valence-electron chi connectivity index (χ3n) is 7.06. The molecular formula is C21H26N2O5. The Balaban J connectivity index is 1.37. The van der Waals surface area contributed by atoms with Crippen LogP contribution in [-0.4, -0.2) is 29.8 Å². The number of aldehydes is 1. The van der Waals surface area contributed by atoms with Crippen molar-refractivity contribution in [3.63, 3.8) is 0 Å². The molecule has 4 bridgehead atoms. The molecule has 0 heterocycles. The molecule has 0 radical (unpaired) electrons. The van der Waals surface area contributed by atoms with Crippen molar-refractivity contribution in [1.29, 1.82) is 0 Å². The summed E-state index contributed by atoms with van der Waals surface area (Å²) in [7, 11) is 0. The van der Waals surface area contributed by atoms with Crippen LogP contribution in [0.2, 0.25) is 0 Å². The number of nitro groups is 1. The molecule has 4 fully saturated rings. The average Bonchev–Trinajstić information content (AvgIpc) is 2.65. The lowest BCUT2D eigenvalue weighted by Gasteiger charge is -2.59. The highest BCUT2D eigenvalue weighted by molar-refractivity contribution is 5.79. The molecule has 4 aliphatic carbocycles. The Kier molecular flexibility index (Phi) is 4.85. The van der Waals surface area contributed by atoms with Gasteiger partial charge in [-0.15, -0.1) is 0 Å². The van der Waals surface area contributed by atoms with Gasteiger partial charge >= 0.3 is 5.69 Å². The lowest BCUT2D eigenvalue weighted by Crippen LogP contribution is -2.56. The Labute approximate surface area is 164 Å². The highest BCUT2D eigenvalue weighted by Gasteiger charge is 2.53. The van der Waals surface area contributed by atoms with Gasteiger partial charge in [0.2, 0.25) is 0 Å². The summed E-state index contributed by atoms with van der Waals surface area (Å²) in [4.78, 5) is 33.8. The van der Waals surface area contributed by atoms with Crippen LogP contribution in [0.15, 0.2) is 18.2 Å². The summed E-state index contributed by atoms with van der Waals surface area (Å²) in [6, 6.07) is 4.02. The molecule has 1 aromatic carbocycles. The maximum atomic E-state index is 12.5. The SMILES string of the molecule is C[C@H](NC(=O)COc1ccc(C=O)cc1[N+](=O)[O-])C12CC3CC(CC(C3)C1)C2. The molecular weight excluding hydrogens is 360 g/mol. The third kappa shape index (κ3) is 3.50. The van der Waals surface area contributed by atoms with Crippen molar-refractivity contribution in [2.75, 3.05) is 6.61 Å². The molecule has 7 nitrogen and oxygen atoms in total. The number of hydrogen-bond acceptors (Lipinski definition) is 5.